The normalized spacial score (nSPS) is 16.6. The van der Waals surface area contributed by atoms with Crippen LogP contribution in [0.3, 0.4) is 0 Å². The number of nitrogens with zero attached hydrogens (tertiary/aromatic N) is 4. The third-order valence-corrected chi connectivity index (χ3v) is 8.88. The highest BCUT2D eigenvalue weighted by Gasteiger charge is 2.38. The van der Waals surface area contributed by atoms with Gasteiger partial charge in [-0.25, -0.2) is 4.98 Å². The molecule has 0 unspecified atom stereocenters. The van der Waals surface area contributed by atoms with Crippen molar-refractivity contribution in [2.24, 2.45) is 5.92 Å². The standard InChI is InChI=1S/C28H36N4O2Si/c1-19-16-31(18-34-12-13-35(3,4)5)27(30-19)26-15-23(10-11-29-26)22-8-9-25-24(14-22)17-32(28(25)33)20(2)21-6-7-21/h8-11,14-16,20-21H,6-7,12-13,17-18H2,1-5H3/t20-/m0/s1. The number of aryl methyl sites for hydroxylation is 1. The summed E-state index contributed by atoms with van der Waals surface area (Å²) in [7, 11) is -1.12. The molecule has 184 valence electrons. The van der Waals surface area contributed by atoms with Gasteiger partial charge in [-0.2, -0.15) is 0 Å². The molecule has 3 aromatic rings. The van der Waals surface area contributed by atoms with Crippen LogP contribution in [0, 0.1) is 12.8 Å². The van der Waals surface area contributed by atoms with Crippen LogP contribution < -0.4 is 0 Å². The van der Waals surface area contributed by atoms with Crippen molar-refractivity contribution in [1.29, 1.82) is 0 Å². The highest BCUT2D eigenvalue weighted by atomic mass is 28.3. The molecular weight excluding hydrogens is 452 g/mol. The SMILES string of the molecule is Cc1cn(COCC[Si](C)(C)C)c(-c2cc(-c3ccc4c(c3)CN([C@@H](C)C3CC3)C4=O)ccn2)n1. The molecule has 2 aromatic heterocycles. The van der Waals surface area contributed by atoms with E-state index in [-0.39, 0.29) is 5.91 Å². The predicted molar refractivity (Wildman–Crippen MR) is 142 cm³/mol. The summed E-state index contributed by atoms with van der Waals surface area (Å²) < 4.78 is 8.04. The first-order valence-electron chi connectivity index (χ1n) is 12.7. The maximum absolute atomic E-state index is 13.0. The molecule has 0 bridgehead atoms. The largest absolute Gasteiger partial charge is 0.361 e. The number of pyridine rings is 1. The van der Waals surface area contributed by atoms with E-state index in [2.05, 4.69) is 49.7 Å². The predicted octanol–water partition coefficient (Wildman–Crippen LogP) is 5.99. The topological polar surface area (TPSA) is 60.2 Å². The van der Waals surface area contributed by atoms with E-state index >= 15 is 0 Å². The smallest absolute Gasteiger partial charge is 0.254 e. The first-order chi connectivity index (χ1) is 16.7. The second-order valence-electron chi connectivity index (χ2n) is 11.3. The highest BCUT2D eigenvalue weighted by Crippen LogP contribution is 2.39. The minimum atomic E-state index is -1.12. The minimum absolute atomic E-state index is 0.174. The summed E-state index contributed by atoms with van der Waals surface area (Å²) in [5.74, 6) is 1.66. The maximum Gasteiger partial charge on any atom is 0.254 e. The summed E-state index contributed by atoms with van der Waals surface area (Å²) in [6.45, 7) is 13.2. The summed E-state index contributed by atoms with van der Waals surface area (Å²) in [6.07, 6.45) is 6.34. The number of carbonyl (C=O) groups excluding carboxylic acids is 1. The fourth-order valence-electron chi connectivity index (χ4n) is 4.81. The zero-order valence-corrected chi connectivity index (χ0v) is 22.5. The van der Waals surface area contributed by atoms with Gasteiger partial charge in [-0.3, -0.25) is 9.78 Å². The van der Waals surface area contributed by atoms with Gasteiger partial charge in [-0.05, 0) is 79.6 Å². The molecule has 2 aliphatic rings. The van der Waals surface area contributed by atoms with E-state index in [0.717, 1.165) is 52.1 Å². The Labute approximate surface area is 209 Å². The van der Waals surface area contributed by atoms with Crippen LogP contribution in [0.25, 0.3) is 22.6 Å². The Balaban J connectivity index is 1.35. The van der Waals surface area contributed by atoms with E-state index in [4.69, 9.17) is 9.72 Å². The molecule has 6 nitrogen and oxygen atoms in total. The quantitative estimate of drug-likeness (QED) is 0.274. The molecule has 1 aliphatic heterocycles. The molecule has 1 aromatic carbocycles. The number of ether oxygens (including phenoxy) is 1. The van der Waals surface area contributed by atoms with Crippen molar-refractivity contribution in [2.45, 2.75) is 71.7 Å². The van der Waals surface area contributed by atoms with E-state index in [1.54, 1.807) is 0 Å². The molecule has 1 aliphatic carbocycles. The number of benzene rings is 1. The molecule has 0 saturated heterocycles. The molecular formula is C28H36N4O2Si. The van der Waals surface area contributed by atoms with Crippen molar-refractivity contribution in [1.82, 2.24) is 19.4 Å². The lowest BCUT2D eigenvalue weighted by atomic mass is 10.0. The molecule has 1 saturated carbocycles. The number of fused-ring (bicyclic) bond motifs is 1. The van der Waals surface area contributed by atoms with Crippen LogP contribution in [-0.2, 0) is 18.0 Å². The Bertz CT molecular complexity index is 1240. The zero-order valence-electron chi connectivity index (χ0n) is 21.5. The van der Waals surface area contributed by atoms with Crippen LogP contribution in [0.4, 0.5) is 0 Å². The number of hydrogen-bond acceptors (Lipinski definition) is 4. The molecule has 1 fully saturated rings. The van der Waals surface area contributed by atoms with Gasteiger partial charge in [0, 0.05) is 45.2 Å². The third kappa shape index (κ3) is 5.26. The van der Waals surface area contributed by atoms with E-state index in [9.17, 15) is 4.79 Å². The van der Waals surface area contributed by atoms with Gasteiger partial charge in [0.15, 0.2) is 5.82 Å². The number of rotatable bonds is 9. The molecule has 3 heterocycles. The average molecular weight is 489 g/mol. The number of carbonyl (C=O) groups is 1. The molecule has 1 amide bonds. The van der Waals surface area contributed by atoms with Gasteiger partial charge in [0.1, 0.15) is 12.4 Å². The second kappa shape index (κ2) is 9.35. The monoisotopic (exact) mass is 488 g/mol. The highest BCUT2D eigenvalue weighted by molar-refractivity contribution is 6.76. The van der Waals surface area contributed by atoms with E-state index in [1.165, 1.54) is 12.8 Å². The van der Waals surface area contributed by atoms with Crippen molar-refractivity contribution in [2.75, 3.05) is 6.61 Å². The van der Waals surface area contributed by atoms with E-state index in [0.29, 0.717) is 25.2 Å². The third-order valence-electron chi connectivity index (χ3n) is 7.18. The molecule has 1 atom stereocenters. The molecule has 0 N–H and O–H groups in total. The van der Waals surface area contributed by atoms with Crippen molar-refractivity contribution in [3.8, 4) is 22.6 Å². The molecule has 7 heteroatoms. The average Bonchev–Trinajstić information content (AvgIpc) is 3.53. The van der Waals surface area contributed by atoms with Gasteiger partial charge >= 0.3 is 0 Å². The summed E-state index contributed by atoms with van der Waals surface area (Å²) in [5, 5.41) is 0. The van der Waals surface area contributed by atoms with Crippen molar-refractivity contribution >= 4 is 14.0 Å². The lowest BCUT2D eigenvalue weighted by Gasteiger charge is -2.23. The fourth-order valence-corrected chi connectivity index (χ4v) is 5.56. The Hall–Kier alpha value is -2.77. The van der Waals surface area contributed by atoms with Gasteiger partial charge in [0.05, 0.1) is 5.69 Å². The Morgan fingerprint density at radius 3 is 2.66 bits per heavy atom. The summed E-state index contributed by atoms with van der Waals surface area (Å²) in [4.78, 5) is 24.4. The fraction of sp³-hybridized carbons (Fsp3) is 0.464. The lowest BCUT2D eigenvalue weighted by molar-refractivity contribution is 0.0697. The number of amides is 1. The van der Waals surface area contributed by atoms with Gasteiger partial charge < -0.3 is 14.2 Å². The van der Waals surface area contributed by atoms with Crippen LogP contribution in [0.1, 0.15) is 41.4 Å². The Kier molecular flexibility index (Phi) is 6.40. The van der Waals surface area contributed by atoms with Gasteiger partial charge in [0.25, 0.3) is 5.91 Å². The summed E-state index contributed by atoms with van der Waals surface area (Å²) >= 11 is 0. The van der Waals surface area contributed by atoms with Crippen molar-refractivity contribution < 1.29 is 9.53 Å². The van der Waals surface area contributed by atoms with E-state index in [1.807, 2.05) is 40.9 Å². The van der Waals surface area contributed by atoms with Crippen molar-refractivity contribution in [3.63, 3.8) is 0 Å². The minimum Gasteiger partial charge on any atom is -0.361 e. The first kappa shape index (κ1) is 23.9. The molecule has 0 radical (unpaired) electrons. The number of hydrogen-bond donors (Lipinski definition) is 0. The van der Waals surface area contributed by atoms with Gasteiger partial charge in [-0.1, -0.05) is 25.7 Å². The zero-order chi connectivity index (χ0) is 24.7. The number of imidazole rings is 1. The van der Waals surface area contributed by atoms with Crippen LogP contribution in [-0.4, -0.2) is 46.1 Å². The molecule has 0 spiro atoms. The van der Waals surface area contributed by atoms with Crippen LogP contribution >= 0.6 is 0 Å². The Morgan fingerprint density at radius 1 is 1.14 bits per heavy atom. The summed E-state index contributed by atoms with van der Waals surface area (Å²) in [5.41, 5.74) is 5.91. The maximum atomic E-state index is 13.0. The molecule has 5 rings (SSSR count). The lowest BCUT2D eigenvalue weighted by Crippen LogP contribution is -2.34. The van der Waals surface area contributed by atoms with Gasteiger partial charge in [0.2, 0.25) is 0 Å². The summed E-state index contributed by atoms with van der Waals surface area (Å²) in [6, 6.07) is 11.8. The Morgan fingerprint density at radius 2 is 1.91 bits per heavy atom. The van der Waals surface area contributed by atoms with Crippen LogP contribution in [0.5, 0.6) is 0 Å². The molecule has 35 heavy (non-hydrogen) atoms. The first-order valence-corrected chi connectivity index (χ1v) is 16.4. The van der Waals surface area contributed by atoms with Gasteiger partial charge in [-0.15, -0.1) is 0 Å². The van der Waals surface area contributed by atoms with Crippen LogP contribution in [0.2, 0.25) is 25.7 Å². The number of aromatic nitrogens is 3. The van der Waals surface area contributed by atoms with Crippen molar-refractivity contribution in [3.05, 3.63) is 59.5 Å². The second-order valence-corrected chi connectivity index (χ2v) is 17.0. The van der Waals surface area contributed by atoms with Crippen LogP contribution in [0.15, 0.2) is 42.7 Å². The van der Waals surface area contributed by atoms with E-state index < -0.39 is 8.07 Å².